The Morgan fingerprint density at radius 1 is 0.576 bits per heavy atom. The van der Waals surface area contributed by atoms with Gasteiger partial charge in [-0.1, -0.05) is 32.6 Å². The van der Waals surface area contributed by atoms with Gasteiger partial charge >= 0.3 is 5.97 Å². The number of hydrogen-bond donors (Lipinski definition) is 0. The van der Waals surface area contributed by atoms with E-state index < -0.39 is 47.2 Å². The molecule has 0 unspecified atom stereocenters. The van der Waals surface area contributed by atoms with Gasteiger partial charge in [-0.3, -0.25) is 4.79 Å². The van der Waals surface area contributed by atoms with Crippen LogP contribution in [0.5, 0.6) is 5.75 Å². The predicted octanol–water partition coefficient (Wildman–Crippen LogP) is 4.71. The smallest absolute Gasteiger partial charge is 0.313 e. The third-order valence-corrected chi connectivity index (χ3v) is 4.34. The van der Waals surface area contributed by atoms with Crippen molar-refractivity contribution in [1.29, 1.82) is 0 Å². The highest BCUT2D eigenvalue weighted by atomic mass is 19.2. The first kappa shape index (κ1) is 29.2. The fraction of sp³-hybridized carbons (Fsp3) is 0.682. The van der Waals surface area contributed by atoms with Gasteiger partial charge in [-0.2, -0.15) is 8.78 Å². The molecule has 0 aliphatic heterocycles. The van der Waals surface area contributed by atoms with Crippen molar-refractivity contribution in [2.75, 3.05) is 52.9 Å². The summed E-state index contributed by atoms with van der Waals surface area (Å²) in [6.07, 6.45) is 5.48. The summed E-state index contributed by atoms with van der Waals surface area (Å²) in [6, 6.07) is 0. The average molecular weight is 486 g/mol. The van der Waals surface area contributed by atoms with E-state index in [0.29, 0.717) is 26.4 Å². The second-order valence-electron chi connectivity index (χ2n) is 6.99. The summed E-state index contributed by atoms with van der Waals surface area (Å²) in [4.78, 5) is 11.6. The van der Waals surface area contributed by atoms with Crippen molar-refractivity contribution in [2.24, 2.45) is 0 Å². The molecule has 0 spiro atoms. The van der Waals surface area contributed by atoms with Crippen LogP contribution in [0.15, 0.2) is 0 Å². The predicted molar refractivity (Wildman–Crippen MR) is 109 cm³/mol. The summed E-state index contributed by atoms with van der Waals surface area (Å²) in [5.74, 6) is -14.0. The Morgan fingerprint density at radius 2 is 1.00 bits per heavy atom. The van der Waals surface area contributed by atoms with E-state index in [2.05, 4.69) is 11.7 Å². The normalized spacial score (nSPS) is 11.2. The van der Waals surface area contributed by atoms with Crippen molar-refractivity contribution in [3.8, 4) is 5.75 Å². The van der Waals surface area contributed by atoms with Gasteiger partial charge in [0.25, 0.3) is 0 Å². The molecule has 11 heteroatoms. The van der Waals surface area contributed by atoms with Gasteiger partial charge in [-0.15, -0.1) is 0 Å². The molecule has 0 N–H and O–H groups in total. The second-order valence-corrected chi connectivity index (χ2v) is 6.99. The molecule has 0 radical (unpaired) electrons. The largest absolute Gasteiger partial charge is 0.420 e. The first-order chi connectivity index (χ1) is 15.9. The number of benzene rings is 1. The second kappa shape index (κ2) is 17.6. The zero-order valence-electron chi connectivity index (χ0n) is 18.7. The van der Waals surface area contributed by atoms with Crippen molar-refractivity contribution in [2.45, 2.75) is 45.4 Å². The molecule has 33 heavy (non-hydrogen) atoms. The molecular formula is C22H31F5O6. The van der Waals surface area contributed by atoms with Crippen LogP contribution < -0.4 is 4.74 Å². The summed E-state index contributed by atoms with van der Waals surface area (Å²) in [5, 5.41) is 0. The molecule has 1 aromatic rings. The molecule has 0 bridgehead atoms. The van der Waals surface area contributed by atoms with Gasteiger partial charge in [0, 0.05) is 6.61 Å². The van der Waals surface area contributed by atoms with Crippen LogP contribution in [-0.4, -0.2) is 58.8 Å². The van der Waals surface area contributed by atoms with Crippen molar-refractivity contribution in [1.82, 2.24) is 0 Å². The highest BCUT2D eigenvalue weighted by Gasteiger charge is 2.28. The van der Waals surface area contributed by atoms with Crippen LogP contribution in [0.4, 0.5) is 22.0 Å². The number of ether oxygens (including phenoxy) is 5. The number of hydrogen-bond acceptors (Lipinski definition) is 6. The Balaban J connectivity index is 1.99. The molecule has 0 fully saturated rings. The molecular weight excluding hydrogens is 455 g/mol. The van der Waals surface area contributed by atoms with Gasteiger partial charge < -0.3 is 23.7 Å². The highest BCUT2D eigenvalue weighted by Crippen LogP contribution is 2.29. The summed E-state index contributed by atoms with van der Waals surface area (Å²) < 4.78 is 91.4. The molecule has 0 saturated carbocycles. The van der Waals surface area contributed by atoms with Crippen LogP contribution in [0.3, 0.4) is 0 Å². The minimum atomic E-state index is -2.33. The number of halogens is 5. The molecule has 1 aromatic carbocycles. The van der Waals surface area contributed by atoms with Crippen molar-refractivity contribution in [3.05, 3.63) is 29.1 Å². The minimum Gasteiger partial charge on any atom is -0.420 e. The molecule has 6 nitrogen and oxygen atoms in total. The van der Waals surface area contributed by atoms with Crippen molar-refractivity contribution >= 4 is 5.97 Å². The molecule has 0 aliphatic carbocycles. The monoisotopic (exact) mass is 486 g/mol. The first-order valence-corrected chi connectivity index (χ1v) is 10.9. The van der Waals surface area contributed by atoms with Gasteiger partial charge in [-0.05, 0) is 6.42 Å². The molecule has 190 valence electrons. The lowest BCUT2D eigenvalue weighted by molar-refractivity contribution is -0.136. The molecule has 0 aromatic heterocycles. The van der Waals surface area contributed by atoms with E-state index >= 15 is 0 Å². The van der Waals surface area contributed by atoms with Gasteiger partial charge in [0.05, 0.1) is 52.7 Å². The van der Waals surface area contributed by atoms with Crippen LogP contribution in [-0.2, 0) is 23.7 Å². The van der Waals surface area contributed by atoms with Crippen molar-refractivity contribution in [3.63, 3.8) is 0 Å². The summed E-state index contributed by atoms with van der Waals surface area (Å²) >= 11 is 0. The highest BCUT2D eigenvalue weighted by molar-refractivity contribution is 5.72. The Labute approximate surface area is 190 Å². The average Bonchev–Trinajstić information content (AvgIpc) is 2.81. The SMILES string of the molecule is CCCCCCCOCCOCCOCCOCCC(=O)Oc1c(F)c(F)c(F)c(F)c1F. The molecule has 0 amide bonds. The Hall–Kier alpha value is -1.82. The lowest BCUT2D eigenvalue weighted by atomic mass is 10.2. The number of esters is 1. The summed E-state index contributed by atoms with van der Waals surface area (Å²) in [6.45, 7) is 4.77. The van der Waals surface area contributed by atoms with Crippen molar-refractivity contribution < 1.29 is 50.4 Å². The Bertz CT molecular complexity index is 675. The maximum atomic E-state index is 13.4. The number of rotatable bonds is 19. The summed E-state index contributed by atoms with van der Waals surface area (Å²) in [5.41, 5.74) is 0. The van der Waals surface area contributed by atoms with Crippen LogP contribution in [0.1, 0.15) is 45.4 Å². The van der Waals surface area contributed by atoms with Crippen LogP contribution in [0.2, 0.25) is 0 Å². The standard InChI is InChI=1S/C22H31F5O6/c1-2-3-4-5-6-8-29-10-12-31-14-15-32-13-11-30-9-7-16(28)33-22-20(26)18(24)17(23)19(25)21(22)27/h2-15H2,1H3. The van der Waals surface area contributed by atoms with Gasteiger partial charge in [0.2, 0.25) is 34.8 Å². The third kappa shape index (κ3) is 11.7. The maximum Gasteiger partial charge on any atom is 0.313 e. The first-order valence-electron chi connectivity index (χ1n) is 10.9. The fourth-order valence-corrected chi connectivity index (χ4v) is 2.56. The third-order valence-electron chi connectivity index (χ3n) is 4.34. The molecule has 0 atom stereocenters. The lowest BCUT2D eigenvalue weighted by Gasteiger charge is -2.09. The molecule has 0 aliphatic rings. The molecule has 1 rings (SSSR count). The van der Waals surface area contributed by atoms with E-state index in [9.17, 15) is 26.7 Å². The molecule has 0 saturated heterocycles. The Kier molecular flexibility index (Phi) is 15.6. The van der Waals surface area contributed by atoms with Gasteiger partial charge in [0.15, 0.2) is 0 Å². The van der Waals surface area contributed by atoms with Crippen LogP contribution in [0, 0.1) is 29.1 Å². The van der Waals surface area contributed by atoms with E-state index in [-0.39, 0.29) is 19.8 Å². The zero-order valence-corrected chi connectivity index (χ0v) is 18.7. The molecule has 0 heterocycles. The van der Waals surface area contributed by atoms with Crippen LogP contribution >= 0.6 is 0 Å². The lowest BCUT2D eigenvalue weighted by Crippen LogP contribution is -2.16. The maximum absolute atomic E-state index is 13.4. The Morgan fingerprint density at radius 3 is 1.52 bits per heavy atom. The van der Waals surface area contributed by atoms with E-state index in [1.807, 2.05) is 0 Å². The number of carbonyl (C=O) groups excluding carboxylic acids is 1. The van der Waals surface area contributed by atoms with E-state index in [1.54, 1.807) is 0 Å². The summed E-state index contributed by atoms with van der Waals surface area (Å²) in [7, 11) is 0. The van der Waals surface area contributed by atoms with Gasteiger partial charge in [-0.25, -0.2) is 13.2 Å². The van der Waals surface area contributed by atoms with Crippen LogP contribution in [0.25, 0.3) is 0 Å². The zero-order chi connectivity index (χ0) is 24.5. The van der Waals surface area contributed by atoms with E-state index in [4.69, 9.17) is 18.9 Å². The minimum absolute atomic E-state index is 0.122. The number of carbonyl (C=O) groups is 1. The fourth-order valence-electron chi connectivity index (χ4n) is 2.56. The quantitative estimate of drug-likeness (QED) is 0.0705. The topological polar surface area (TPSA) is 63.2 Å². The number of unbranched alkanes of at least 4 members (excludes halogenated alkanes) is 4. The van der Waals surface area contributed by atoms with E-state index in [1.165, 1.54) is 25.7 Å². The van der Waals surface area contributed by atoms with Gasteiger partial charge in [0.1, 0.15) is 0 Å². The van der Waals surface area contributed by atoms with E-state index in [0.717, 1.165) is 13.0 Å².